The molecule has 1 aromatic rings. The van der Waals surface area contributed by atoms with E-state index in [9.17, 15) is 4.79 Å². The van der Waals surface area contributed by atoms with Gasteiger partial charge >= 0.3 is 5.97 Å². The summed E-state index contributed by atoms with van der Waals surface area (Å²) in [6.45, 7) is 3.72. The monoisotopic (exact) mass is 248 g/mol. The van der Waals surface area contributed by atoms with Gasteiger partial charge in [0.2, 0.25) is 0 Å². The van der Waals surface area contributed by atoms with E-state index in [1.807, 2.05) is 25.1 Å². The molecule has 1 saturated heterocycles. The largest absolute Gasteiger partial charge is 0.481 e. The van der Waals surface area contributed by atoms with E-state index in [0.29, 0.717) is 0 Å². The Hall–Kier alpha value is -1.39. The Bertz CT molecular complexity index is 421. The standard InChI is InChI=1S/C14H20N2O2/c1-11-14(15,9-13(17)18)7-8-16(11)10-12-5-3-2-4-6-12/h2-6,11H,7-10,15H2,1H3,(H,17,18). The van der Waals surface area contributed by atoms with Crippen molar-refractivity contribution in [3.05, 3.63) is 35.9 Å². The number of carbonyl (C=O) groups is 1. The first-order chi connectivity index (χ1) is 8.51. The summed E-state index contributed by atoms with van der Waals surface area (Å²) in [5.41, 5.74) is 6.87. The molecule has 0 amide bonds. The van der Waals surface area contributed by atoms with E-state index in [4.69, 9.17) is 10.8 Å². The van der Waals surface area contributed by atoms with Crippen LogP contribution in [0.5, 0.6) is 0 Å². The van der Waals surface area contributed by atoms with E-state index in [1.165, 1.54) is 5.56 Å². The maximum atomic E-state index is 10.9. The molecular formula is C14H20N2O2. The number of likely N-dealkylation sites (tertiary alicyclic amines) is 1. The van der Waals surface area contributed by atoms with Crippen LogP contribution in [0.1, 0.15) is 25.3 Å². The Morgan fingerprint density at radius 1 is 1.50 bits per heavy atom. The summed E-state index contributed by atoms with van der Waals surface area (Å²) < 4.78 is 0. The number of benzene rings is 1. The fraction of sp³-hybridized carbons (Fsp3) is 0.500. The highest BCUT2D eigenvalue weighted by Gasteiger charge is 2.42. The molecule has 1 aliphatic heterocycles. The molecule has 0 spiro atoms. The second-order valence-electron chi connectivity index (χ2n) is 5.19. The van der Waals surface area contributed by atoms with Crippen molar-refractivity contribution in [1.29, 1.82) is 0 Å². The van der Waals surface area contributed by atoms with Crippen molar-refractivity contribution in [3.8, 4) is 0 Å². The molecule has 1 fully saturated rings. The van der Waals surface area contributed by atoms with Gasteiger partial charge in [-0.25, -0.2) is 0 Å². The van der Waals surface area contributed by atoms with Crippen molar-refractivity contribution < 1.29 is 9.90 Å². The number of nitrogens with two attached hydrogens (primary N) is 1. The van der Waals surface area contributed by atoms with Gasteiger partial charge in [0.15, 0.2) is 0 Å². The predicted molar refractivity (Wildman–Crippen MR) is 70.1 cm³/mol. The first-order valence-corrected chi connectivity index (χ1v) is 6.30. The highest BCUT2D eigenvalue weighted by atomic mass is 16.4. The van der Waals surface area contributed by atoms with Crippen LogP contribution in [0.15, 0.2) is 30.3 Å². The van der Waals surface area contributed by atoms with Crippen molar-refractivity contribution in [2.45, 2.75) is 37.9 Å². The van der Waals surface area contributed by atoms with Crippen LogP contribution in [-0.4, -0.2) is 34.1 Å². The summed E-state index contributed by atoms with van der Waals surface area (Å²) in [5, 5.41) is 8.93. The van der Waals surface area contributed by atoms with Gasteiger partial charge in [-0.2, -0.15) is 0 Å². The zero-order valence-electron chi connectivity index (χ0n) is 10.7. The van der Waals surface area contributed by atoms with E-state index >= 15 is 0 Å². The number of aliphatic carboxylic acids is 1. The minimum absolute atomic E-state index is 0.0411. The van der Waals surface area contributed by atoms with Crippen molar-refractivity contribution in [3.63, 3.8) is 0 Å². The van der Waals surface area contributed by atoms with Gasteiger partial charge in [0.05, 0.1) is 6.42 Å². The van der Waals surface area contributed by atoms with Crippen LogP contribution in [0.4, 0.5) is 0 Å². The number of rotatable bonds is 4. The van der Waals surface area contributed by atoms with Crippen molar-refractivity contribution in [1.82, 2.24) is 4.90 Å². The fourth-order valence-corrected chi connectivity index (χ4v) is 2.67. The first-order valence-electron chi connectivity index (χ1n) is 6.30. The maximum absolute atomic E-state index is 10.9. The number of carboxylic acid groups (broad SMARTS) is 1. The molecule has 98 valence electrons. The van der Waals surface area contributed by atoms with Crippen molar-refractivity contribution >= 4 is 5.97 Å². The summed E-state index contributed by atoms with van der Waals surface area (Å²) >= 11 is 0. The van der Waals surface area contributed by atoms with Gasteiger partial charge in [-0.05, 0) is 18.9 Å². The minimum atomic E-state index is -0.814. The van der Waals surface area contributed by atoms with E-state index < -0.39 is 11.5 Å². The van der Waals surface area contributed by atoms with E-state index in [2.05, 4.69) is 17.0 Å². The van der Waals surface area contributed by atoms with Gasteiger partial charge in [0.1, 0.15) is 0 Å². The van der Waals surface area contributed by atoms with Crippen LogP contribution in [0.2, 0.25) is 0 Å². The molecule has 1 aromatic carbocycles. The molecule has 4 heteroatoms. The van der Waals surface area contributed by atoms with Crippen LogP contribution >= 0.6 is 0 Å². The highest BCUT2D eigenvalue weighted by Crippen LogP contribution is 2.30. The Kier molecular flexibility index (Phi) is 3.68. The average molecular weight is 248 g/mol. The fourth-order valence-electron chi connectivity index (χ4n) is 2.67. The van der Waals surface area contributed by atoms with Crippen molar-refractivity contribution in [2.75, 3.05) is 6.54 Å². The number of carboxylic acids is 1. The average Bonchev–Trinajstić information content (AvgIpc) is 2.58. The Morgan fingerprint density at radius 3 is 2.78 bits per heavy atom. The van der Waals surface area contributed by atoms with E-state index in [1.54, 1.807) is 0 Å². The highest BCUT2D eigenvalue weighted by molar-refractivity contribution is 5.68. The van der Waals surface area contributed by atoms with Crippen LogP contribution in [0, 0.1) is 0 Å². The summed E-state index contributed by atoms with van der Waals surface area (Å²) in [6, 6.07) is 10.3. The quantitative estimate of drug-likeness (QED) is 0.846. The normalized spacial score (nSPS) is 28.4. The molecule has 0 saturated carbocycles. The van der Waals surface area contributed by atoms with Crippen LogP contribution < -0.4 is 5.73 Å². The molecule has 3 N–H and O–H groups in total. The van der Waals surface area contributed by atoms with Gasteiger partial charge in [-0.3, -0.25) is 9.69 Å². The number of nitrogens with zero attached hydrogens (tertiary/aromatic N) is 1. The van der Waals surface area contributed by atoms with Crippen LogP contribution in [-0.2, 0) is 11.3 Å². The summed E-state index contributed by atoms with van der Waals surface area (Å²) in [6.07, 6.45) is 0.784. The molecule has 2 unspecified atom stereocenters. The Labute approximate surface area is 107 Å². The lowest BCUT2D eigenvalue weighted by molar-refractivity contribution is -0.138. The summed E-state index contributed by atoms with van der Waals surface area (Å²) in [4.78, 5) is 13.1. The zero-order chi connectivity index (χ0) is 13.2. The molecule has 1 heterocycles. The first kappa shape index (κ1) is 13.1. The van der Waals surface area contributed by atoms with Gasteiger partial charge in [-0.1, -0.05) is 30.3 Å². The SMILES string of the molecule is CC1N(Cc2ccccc2)CCC1(N)CC(=O)O. The summed E-state index contributed by atoms with van der Waals surface area (Å²) in [7, 11) is 0. The molecule has 0 radical (unpaired) electrons. The molecule has 4 nitrogen and oxygen atoms in total. The lowest BCUT2D eigenvalue weighted by atomic mass is 9.89. The molecule has 18 heavy (non-hydrogen) atoms. The van der Waals surface area contributed by atoms with E-state index in [-0.39, 0.29) is 12.5 Å². The zero-order valence-corrected chi connectivity index (χ0v) is 10.7. The Balaban J connectivity index is 2.03. The van der Waals surface area contributed by atoms with Gasteiger partial charge in [-0.15, -0.1) is 0 Å². The third-order valence-electron chi connectivity index (χ3n) is 3.95. The maximum Gasteiger partial charge on any atom is 0.305 e. The topological polar surface area (TPSA) is 66.6 Å². The second-order valence-corrected chi connectivity index (χ2v) is 5.19. The summed E-state index contributed by atoms with van der Waals surface area (Å²) in [5.74, 6) is -0.814. The number of hydrogen-bond acceptors (Lipinski definition) is 3. The lowest BCUT2D eigenvalue weighted by Gasteiger charge is -2.31. The van der Waals surface area contributed by atoms with Gasteiger partial charge in [0, 0.05) is 24.7 Å². The van der Waals surface area contributed by atoms with E-state index in [0.717, 1.165) is 19.5 Å². The Morgan fingerprint density at radius 2 is 2.17 bits per heavy atom. The van der Waals surface area contributed by atoms with Crippen molar-refractivity contribution in [2.24, 2.45) is 5.73 Å². The smallest absolute Gasteiger partial charge is 0.305 e. The van der Waals surface area contributed by atoms with Crippen LogP contribution in [0.25, 0.3) is 0 Å². The lowest BCUT2D eigenvalue weighted by Crippen LogP contribution is -2.51. The molecule has 0 aromatic heterocycles. The molecule has 0 aliphatic carbocycles. The van der Waals surface area contributed by atoms with Gasteiger partial charge in [0.25, 0.3) is 0 Å². The predicted octanol–water partition coefficient (Wildman–Crippen LogP) is 1.45. The molecule has 2 atom stereocenters. The molecule has 2 rings (SSSR count). The molecule has 1 aliphatic rings. The second kappa shape index (κ2) is 5.08. The van der Waals surface area contributed by atoms with Gasteiger partial charge < -0.3 is 10.8 Å². The van der Waals surface area contributed by atoms with Crippen LogP contribution in [0.3, 0.4) is 0 Å². The number of hydrogen-bond donors (Lipinski definition) is 2. The third kappa shape index (κ3) is 2.71. The molecular weight excluding hydrogens is 228 g/mol. The minimum Gasteiger partial charge on any atom is -0.481 e. The third-order valence-corrected chi connectivity index (χ3v) is 3.95. The molecule has 0 bridgehead atoms.